The second kappa shape index (κ2) is 11.9. The molecule has 0 aliphatic heterocycles. The van der Waals surface area contributed by atoms with Crippen LogP contribution in [0.3, 0.4) is 0 Å². The molecule has 0 spiro atoms. The first-order chi connectivity index (χ1) is 12.0. The van der Waals surface area contributed by atoms with Gasteiger partial charge in [-0.25, -0.2) is 15.0 Å². The minimum Gasteiger partial charge on any atom is -0.357 e. The van der Waals surface area contributed by atoms with Gasteiger partial charge in [0.25, 0.3) is 0 Å². The number of aromatic nitrogens is 2. The van der Waals surface area contributed by atoms with Gasteiger partial charge in [-0.3, -0.25) is 0 Å². The molecule has 0 aliphatic rings. The van der Waals surface area contributed by atoms with Crippen LogP contribution in [0.5, 0.6) is 0 Å². The summed E-state index contributed by atoms with van der Waals surface area (Å²) in [4.78, 5) is 16.3. The highest BCUT2D eigenvalue weighted by atomic mass is 127. The zero-order valence-electron chi connectivity index (χ0n) is 16.3. The van der Waals surface area contributed by atoms with Gasteiger partial charge in [0.05, 0.1) is 22.3 Å². The lowest BCUT2D eigenvalue weighted by molar-refractivity contribution is 0.644. The van der Waals surface area contributed by atoms with Gasteiger partial charge in [-0.15, -0.1) is 46.7 Å². The highest BCUT2D eigenvalue weighted by Gasteiger charge is 2.06. The third-order valence-electron chi connectivity index (χ3n) is 3.63. The maximum atomic E-state index is 4.68. The van der Waals surface area contributed by atoms with Crippen LogP contribution in [0.2, 0.25) is 0 Å². The van der Waals surface area contributed by atoms with Crippen LogP contribution in [0, 0.1) is 19.8 Å². The Hall–Kier alpha value is -0.740. The van der Waals surface area contributed by atoms with Crippen molar-refractivity contribution in [3.8, 4) is 0 Å². The van der Waals surface area contributed by atoms with Gasteiger partial charge in [0.15, 0.2) is 5.96 Å². The number of nitrogens with one attached hydrogen (secondary N) is 2. The minimum atomic E-state index is 0. The minimum absolute atomic E-state index is 0. The molecular formula is C18H30IN5S2. The number of halogens is 1. The summed E-state index contributed by atoms with van der Waals surface area (Å²) in [5.41, 5.74) is 1.14. The molecule has 0 aromatic carbocycles. The molecule has 0 bridgehead atoms. The second-order valence-electron chi connectivity index (χ2n) is 6.44. The van der Waals surface area contributed by atoms with Crippen molar-refractivity contribution in [1.29, 1.82) is 0 Å². The van der Waals surface area contributed by atoms with Gasteiger partial charge in [-0.1, -0.05) is 13.8 Å². The van der Waals surface area contributed by atoms with Crippen molar-refractivity contribution in [2.45, 2.75) is 54.0 Å². The van der Waals surface area contributed by atoms with E-state index < -0.39 is 0 Å². The molecule has 0 saturated carbocycles. The molecule has 0 atom stereocenters. The molecule has 8 heteroatoms. The van der Waals surface area contributed by atoms with E-state index in [1.54, 1.807) is 22.7 Å². The monoisotopic (exact) mass is 507 g/mol. The molecule has 0 unspecified atom stereocenters. The molecule has 2 aromatic rings. The maximum Gasteiger partial charge on any atom is 0.191 e. The smallest absolute Gasteiger partial charge is 0.191 e. The van der Waals surface area contributed by atoms with Gasteiger partial charge in [-0.05, 0) is 26.7 Å². The quantitative estimate of drug-likeness (QED) is 0.317. The number of hydrogen-bond donors (Lipinski definition) is 2. The molecule has 0 radical (unpaired) electrons. The lowest BCUT2D eigenvalue weighted by Gasteiger charge is -2.10. The second-order valence-corrected chi connectivity index (χ2v) is 8.93. The topological polar surface area (TPSA) is 62.2 Å². The Balaban J connectivity index is 0.00000338. The van der Waals surface area contributed by atoms with Crippen LogP contribution in [-0.4, -0.2) is 29.0 Å². The summed E-state index contributed by atoms with van der Waals surface area (Å²) in [5, 5.41) is 9.08. The van der Waals surface area contributed by atoms with Crippen molar-refractivity contribution in [2.75, 3.05) is 13.1 Å². The van der Waals surface area contributed by atoms with E-state index >= 15 is 0 Å². The van der Waals surface area contributed by atoms with Gasteiger partial charge in [0.1, 0.15) is 0 Å². The summed E-state index contributed by atoms with van der Waals surface area (Å²) < 4.78 is 0. The molecule has 2 N–H and O–H groups in total. The maximum absolute atomic E-state index is 4.68. The third kappa shape index (κ3) is 7.87. The van der Waals surface area contributed by atoms with E-state index in [2.05, 4.69) is 60.2 Å². The van der Waals surface area contributed by atoms with Crippen LogP contribution in [-0.2, 0) is 19.4 Å². The van der Waals surface area contributed by atoms with Crippen LogP contribution >= 0.6 is 46.7 Å². The number of aliphatic imine (C=N–C) groups is 1. The van der Waals surface area contributed by atoms with Crippen LogP contribution in [0.15, 0.2) is 11.2 Å². The molecule has 2 heterocycles. The fourth-order valence-electron chi connectivity index (χ4n) is 2.30. The van der Waals surface area contributed by atoms with E-state index in [0.717, 1.165) is 37.6 Å². The van der Waals surface area contributed by atoms with Gasteiger partial charge in [0, 0.05) is 41.9 Å². The predicted molar refractivity (Wildman–Crippen MR) is 124 cm³/mol. The average Bonchev–Trinajstić information content (AvgIpc) is 3.11. The zero-order chi connectivity index (χ0) is 18.2. The molecule has 26 heavy (non-hydrogen) atoms. The first kappa shape index (κ1) is 23.3. The van der Waals surface area contributed by atoms with Crippen molar-refractivity contribution in [3.05, 3.63) is 31.7 Å². The van der Waals surface area contributed by atoms with Crippen LogP contribution < -0.4 is 10.6 Å². The molecule has 5 nitrogen and oxygen atoms in total. The Kier molecular flexibility index (Phi) is 10.6. The van der Waals surface area contributed by atoms with Crippen molar-refractivity contribution in [3.63, 3.8) is 0 Å². The molecule has 0 fully saturated rings. The summed E-state index contributed by atoms with van der Waals surface area (Å²) in [6, 6.07) is 0. The van der Waals surface area contributed by atoms with E-state index in [4.69, 9.17) is 0 Å². The van der Waals surface area contributed by atoms with Crippen molar-refractivity contribution in [1.82, 2.24) is 20.6 Å². The Bertz CT molecular complexity index is 674. The fourth-order valence-corrected chi connectivity index (χ4v) is 4.29. The summed E-state index contributed by atoms with van der Waals surface area (Å²) in [7, 11) is 0. The number of rotatable bonds is 8. The third-order valence-corrected chi connectivity index (χ3v) is 5.76. The normalized spacial score (nSPS) is 11.5. The number of aryl methyl sites for hydroxylation is 2. The molecule has 2 rings (SSSR count). The Labute approximate surface area is 182 Å². The number of guanidine groups is 1. The van der Waals surface area contributed by atoms with Gasteiger partial charge < -0.3 is 10.6 Å². The van der Waals surface area contributed by atoms with Crippen molar-refractivity contribution >= 4 is 52.6 Å². The van der Waals surface area contributed by atoms with E-state index in [-0.39, 0.29) is 24.0 Å². The predicted octanol–water partition coefficient (Wildman–Crippen LogP) is 4.33. The fraction of sp³-hybridized carbons (Fsp3) is 0.611. The molecular weight excluding hydrogens is 477 g/mol. The summed E-state index contributed by atoms with van der Waals surface area (Å²) in [5.74, 6) is 1.49. The van der Waals surface area contributed by atoms with Gasteiger partial charge >= 0.3 is 0 Å². The standard InChI is InChI=1S/C18H29N5S2.HI/c1-6-19-18(20-8-7-16-23-13(4)14(5)24-16)22-11-15-10-21-17(25-15)9-12(2)3;/h10,12H,6-9,11H2,1-5H3,(H2,19,20,22);1H. The molecule has 0 amide bonds. The summed E-state index contributed by atoms with van der Waals surface area (Å²) in [6.45, 7) is 13.1. The molecule has 146 valence electrons. The SMILES string of the molecule is CCNC(=NCc1cnc(CC(C)C)s1)NCCc1nc(C)c(C)s1.I. The van der Waals surface area contributed by atoms with Gasteiger partial charge in [0.2, 0.25) is 0 Å². The lowest BCUT2D eigenvalue weighted by atomic mass is 10.1. The van der Waals surface area contributed by atoms with Crippen molar-refractivity contribution in [2.24, 2.45) is 10.9 Å². The highest BCUT2D eigenvalue weighted by molar-refractivity contribution is 14.0. The van der Waals surface area contributed by atoms with E-state index in [1.807, 2.05) is 6.20 Å². The van der Waals surface area contributed by atoms with Crippen molar-refractivity contribution < 1.29 is 0 Å². The summed E-state index contributed by atoms with van der Waals surface area (Å²) >= 11 is 3.54. The van der Waals surface area contributed by atoms with Crippen LogP contribution in [0.25, 0.3) is 0 Å². The summed E-state index contributed by atoms with van der Waals surface area (Å²) in [6.07, 6.45) is 3.92. The Morgan fingerprint density at radius 2 is 1.96 bits per heavy atom. The number of thiazole rings is 2. The first-order valence-corrected chi connectivity index (χ1v) is 10.5. The van der Waals surface area contributed by atoms with E-state index in [9.17, 15) is 0 Å². The van der Waals surface area contributed by atoms with E-state index in [0.29, 0.717) is 12.5 Å². The molecule has 0 aliphatic carbocycles. The first-order valence-electron chi connectivity index (χ1n) is 8.86. The van der Waals surface area contributed by atoms with Crippen LogP contribution in [0.1, 0.15) is 46.2 Å². The van der Waals surface area contributed by atoms with Gasteiger partial charge in [-0.2, -0.15) is 0 Å². The lowest BCUT2D eigenvalue weighted by Crippen LogP contribution is -2.38. The van der Waals surface area contributed by atoms with Crippen LogP contribution in [0.4, 0.5) is 0 Å². The largest absolute Gasteiger partial charge is 0.357 e. The Morgan fingerprint density at radius 1 is 1.19 bits per heavy atom. The number of nitrogens with zero attached hydrogens (tertiary/aromatic N) is 3. The van der Waals surface area contributed by atoms with E-state index in [1.165, 1.54) is 19.8 Å². The average molecular weight is 508 g/mol. The zero-order valence-corrected chi connectivity index (χ0v) is 20.2. The Morgan fingerprint density at radius 3 is 2.58 bits per heavy atom. The molecule has 2 aromatic heterocycles. The molecule has 0 saturated heterocycles. The highest BCUT2D eigenvalue weighted by Crippen LogP contribution is 2.18. The number of hydrogen-bond acceptors (Lipinski definition) is 5.